The van der Waals surface area contributed by atoms with E-state index < -0.39 is 6.04 Å². The van der Waals surface area contributed by atoms with E-state index in [9.17, 15) is 9.59 Å². The van der Waals surface area contributed by atoms with Gasteiger partial charge in [0, 0.05) is 31.7 Å². The van der Waals surface area contributed by atoms with Crippen molar-refractivity contribution in [1.29, 1.82) is 0 Å². The molecule has 2 aromatic carbocycles. The number of carbonyl (C=O) groups excluding carboxylic acids is 2. The van der Waals surface area contributed by atoms with Crippen molar-refractivity contribution >= 4 is 23.2 Å². The minimum absolute atomic E-state index is 0.0898. The summed E-state index contributed by atoms with van der Waals surface area (Å²) in [7, 11) is 0. The molecule has 1 saturated heterocycles. The smallest absolute Gasteiger partial charge is 0.256 e. The van der Waals surface area contributed by atoms with Gasteiger partial charge < -0.3 is 24.6 Å². The van der Waals surface area contributed by atoms with E-state index in [1.165, 1.54) is 0 Å². The molecule has 2 amide bonds. The number of nitrogens with zero attached hydrogens (tertiary/aromatic N) is 2. The van der Waals surface area contributed by atoms with Crippen LogP contribution in [0, 0.1) is 5.92 Å². The zero-order chi connectivity index (χ0) is 26.6. The third-order valence-corrected chi connectivity index (χ3v) is 7.19. The normalized spacial score (nSPS) is 18.5. The second-order valence-electron chi connectivity index (χ2n) is 11.0. The lowest BCUT2D eigenvalue weighted by atomic mass is 9.98. The number of anilines is 2. The van der Waals surface area contributed by atoms with Gasteiger partial charge in [0.25, 0.3) is 5.91 Å². The highest BCUT2D eigenvalue weighted by atomic mass is 16.5. The number of nitrogens with one attached hydrogen (secondary N) is 1. The Morgan fingerprint density at radius 2 is 1.70 bits per heavy atom. The average Bonchev–Trinajstić information content (AvgIpc) is 2.97. The molecule has 0 unspecified atom stereocenters. The molecule has 0 saturated carbocycles. The van der Waals surface area contributed by atoms with Crippen LogP contribution in [0.5, 0.6) is 5.75 Å². The molecule has 0 aliphatic carbocycles. The standard InChI is InChI=1S/C30H41N3O4/c1-6-21(7-2)20-33-27(18-22-8-11-24(12-9-22)37-30(3,4)5)28(34)31-26-13-10-23(19-25(26)29(33)35)32-14-16-36-17-15-32/h8-13,19,21,27H,6-7,14-18,20H2,1-5H3,(H,31,34)/t27-/m0/s1. The third-order valence-electron chi connectivity index (χ3n) is 7.19. The van der Waals surface area contributed by atoms with Crippen LogP contribution in [0.25, 0.3) is 0 Å². The maximum atomic E-state index is 14.1. The summed E-state index contributed by atoms with van der Waals surface area (Å²) in [6.07, 6.45) is 2.35. The molecule has 4 rings (SSSR count). The quantitative estimate of drug-likeness (QED) is 0.536. The average molecular weight is 508 g/mol. The Hall–Kier alpha value is -3.06. The van der Waals surface area contributed by atoms with Crippen LogP contribution >= 0.6 is 0 Å². The zero-order valence-electron chi connectivity index (χ0n) is 22.9. The zero-order valence-corrected chi connectivity index (χ0v) is 22.9. The van der Waals surface area contributed by atoms with Gasteiger partial charge in [-0.05, 0) is 62.6 Å². The first kappa shape index (κ1) is 27.0. The van der Waals surface area contributed by atoms with Crippen LogP contribution in [0.2, 0.25) is 0 Å². The fourth-order valence-corrected chi connectivity index (χ4v) is 5.00. The Balaban J connectivity index is 1.64. The lowest BCUT2D eigenvalue weighted by Gasteiger charge is -2.32. The maximum absolute atomic E-state index is 14.1. The highest BCUT2D eigenvalue weighted by Gasteiger charge is 2.36. The number of benzene rings is 2. The summed E-state index contributed by atoms with van der Waals surface area (Å²) in [5.74, 6) is 0.876. The second kappa shape index (κ2) is 11.5. The van der Waals surface area contributed by atoms with Gasteiger partial charge in [-0.3, -0.25) is 9.59 Å². The molecule has 2 aliphatic rings. The summed E-state index contributed by atoms with van der Waals surface area (Å²) in [6, 6.07) is 13.0. The van der Waals surface area contributed by atoms with Crippen molar-refractivity contribution in [3.05, 3.63) is 53.6 Å². The van der Waals surface area contributed by atoms with Crippen molar-refractivity contribution in [2.45, 2.75) is 65.5 Å². The molecular formula is C30H41N3O4. The van der Waals surface area contributed by atoms with Crippen molar-refractivity contribution < 1.29 is 19.1 Å². The number of carbonyl (C=O) groups is 2. The number of ether oxygens (including phenoxy) is 2. The van der Waals surface area contributed by atoms with Crippen molar-refractivity contribution in [3.63, 3.8) is 0 Å². The van der Waals surface area contributed by atoms with Gasteiger partial charge in [0.05, 0.1) is 24.5 Å². The molecule has 1 fully saturated rings. The molecule has 2 aliphatic heterocycles. The van der Waals surface area contributed by atoms with Gasteiger partial charge in [-0.2, -0.15) is 0 Å². The minimum atomic E-state index is -0.596. The maximum Gasteiger partial charge on any atom is 0.256 e. The minimum Gasteiger partial charge on any atom is -0.488 e. The Kier molecular flexibility index (Phi) is 8.42. The van der Waals surface area contributed by atoms with E-state index in [-0.39, 0.29) is 17.4 Å². The highest BCUT2D eigenvalue weighted by molar-refractivity contribution is 6.10. The first-order chi connectivity index (χ1) is 17.7. The summed E-state index contributed by atoms with van der Waals surface area (Å²) in [6.45, 7) is 13.8. The first-order valence-corrected chi connectivity index (χ1v) is 13.5. The summed E-state index contributed by atoms with van der Waals surface area (Å²) < 4.78 is 11.5. The summed E-state index contributed by atoms with van der Waals surface area (Å²) in [5, 5.41) is 3.07. The molecule has 2 heterocycles. The van der Waals surface area contributed by atoms with Crippen molar-refractivity contribution in [2.24, 2.45) is 5.92 Å². The Morgan fingerprint density at radius 3 is 2.32 bits per heavy atom. The third kappa shape index (κ3) is 6.63. The monoisotopic (exact) mass is 507 g/mol. The van der Waals surface area contributed by atoms with Gasteiger partial charge in [-0.25, -0.2) is 0 Å². The molecule has 0 spiro atoms. The largest absolute Gasteiger partial charge is 0.488 e. The lowest BCUT2D eigenvalue weighted by molar-refractivity contribution is -0.120. The van der Waals surface area contributed by atoms with Crippen molar-refractivity contribution in [3.8, 4) is 5.75 Å². The van der Waals surface area contributed by atoms with E-state index in [2.05, 4.69) is 24.1 Å². The van der Waals surface area contributed by atoms with E-state index in [0.717, 1.165) is 42.9 Å². The first-order valence-electron chi connectivity index (χ1n) is 13.5. The summed E-state index contributed by atoms with van der Waals surface area (Å²) in [4.78, 5) is 31.7. The van der Waals surface area contributed by atoms with Crippen molar-refractivity contribution in [1.82, 2.24) is 4.90 Å². The summed E-state index contributed by atoms with van der Waals surface area (Å²) >= 11 is 0. The van der Waals surface area contributed by atoms with E-state index in [4.69, 9.17) is 9.47 Å². The summed E-state index contributed by atoms with van der Waals surface area (Å²) in [5.41, 5.74) is 2.83. The van der Waals surface area contributed by atoms with Gasteiger partial charge in [0.1, 0.15) is 17.4 Å². The fraction of sp³-hybridized carbons (Fsp3) is 0.533. The molecule has 37 heavy (non-hydrogen) atoms. The molecule has 2 aromatic rings. The fourth-order valence-electron chi connectivity index (χ4n) is 5.00. The van der Waals surface area contributed by atoms with Crippen LogP contribution in [-0.2, 0) is 16.0 Å². The van der Waals surface area contributed by atoms with E-state index in [0.29, 0.717) is 43.3 Å². The van der Waals surface area contributed by atoms with Crippen LogP contribution in [0.4, 0.5) is 11.4 Å². The Bertz CT molecular complexity index is 1080. The molecule has 1 atom stereocenters. The number of morpholine rings is 1. The van der Waals surface area contributed by atoms with Gasteiger partial charge in [-0.15, -0.1) is 0 Å². The molecule has 1 N–H and O–H groups in total. The molecular weight excluding hydrogens is 466 g/mol. The van der Waals surface area contributed by atoms with Gasteiger partial charge in [0.2, 0.25) is 5.91 Å². The lowest BCUT2D eigenvalue weighted by Crippen LogP contribution is -2.48. The second-order valence-corrected chi connectivity index (χ2v) is 11.0. The van der Waals surface area contributed by atoms with Gasteiger partial charge in [-0.1, -0.05) is 38.8 Å². The van der Waals surface area contributed by atoms with E-state index >= 15 is 0 Å². The molecule has 7 heteroatoms. The van der Waals surface area contributed by atoms with Gasteiger partial charge in [0.15, 0.2) is 0 Å². The Morgan fingerprint density at radius 1 is 1.03 bits per heavy atom. The van der Waals surface area contributed by atoms with Crippen LogP contribution < -0.4 is 15.0 Å². The van der Waals surface area contributed by atoms with Crippen LogP contribution in [0.3, 0.4) is 0 Å². The number of hydrogen-bond donors (Lipinski definition) is 1. The SMILES string of the molecule is CCC(CC)CN1C(=O)c2cc(N3CCOCC3)ccc2NC(=O)[C@@H]1Cc1ccc(OC(C)(C)C)cc1. The molecule has 0 radical (unpaired) electrons. The molecule has 0 bridgehead atoms. The van der Waals surface area contributed by atoms with Crippen LogP contribution in [0.1, 0.15) is 63.4 Å². The number of hydrogen-bond acceptors (Lipinski definition) is 5. The van der Waals surface area contributed by atoms with E-state index in [1.54, 1.807) is 0 Å². The topological polar surface area (TPSA) is 71.1 Å². The van der Waals surface area contributed by atoms with Crippen LogP contribution in [-0.4, -0.2) is 61.2 Å². The number of amides is 2. The Labute approximate surface area is 221 Å². The van der Waals surface area contributed by atoms with Crippen molar-refractivity contribution in [2.75, 3.05) is 43.1 Å². The number of rotatable bonds is 8. The molecule has 0 aromatic heterocycles. The predicted octanol–water partition coefficient (Wildman–Crippen LogP) is 5.14. The highest BCUT2D eigenvalue weighted by Crippen LogP contribution is 2.31. The number of fused-ring (bicyclic) bond motifs is 1. The molecule has 7 nitrogen and oxygen atoms in total. The van der Waals surface area contributed by atoms with Gasteiger partial charge >= 0.3 is 0 Å². The molecule has 200 valence electrons. The van der Waals surface area contributed by atoms with Crippen LogP contribution in [0.15, 0.2) is 42.5 Å². The predicted molar refractivity (Wildman–Crippen MR) is 148 cm³/mol. The van der Waals surface area contributed by atoms with E-state index in [1.807, 2.05) is 68.1 Å².